The quantitative estimate of drug-likeness (QED) is 0.772. The Kier molecular flexibility index (Phi) is 5.84. The summed E-state index contributed by atoms with van der Waals surface area (Å²) in [5, 5.41) is 20.5. The highest BCUT2D eigenvalue weighted by Crippen LogP contribution is 2.43. The summed E-state index contributed by atoms with van der Waals surface area (Å²) in [4.78, 5) is 14.3. The van der Waals surface area contributed by atoms with Gasteiger partial charge in [-0.05, 0) is 29.3 Å². The molecule has 1 amide bonds. The number of alkyl halides is 3. The normalized spacial score (nSPS) is 25.2. The van der Waals surface area contributed by atoms with Gasteiger partial charge in [0.15, 0.2) is 0 Å². The Bertz CT molecular complexity index is 1020. The number of amides is 1. The Morgan fingerprint density at radius 1 is 1.19 bits per heavy atom. The van der Waals surface area contributed by atoms with Crippen LogP contribution in [-0.4, -0.2) is 41.4 Å². The predicted octanol–water partition coefficient (Wildman–Crippen LogP) is 3.96. The number of carbonyl (C=O) groups excluding carboxylic acids is 1. The van der Waals surface area contributed by atoms with Crippen LogP contribution in [0.15, 0.2) is 48.5 Å². The van der Waals surface area contributed by atoms with E-state index in [-0.39, 0.29) is 43.8 Å². The lowest BCUT2D eigenvalue weighted by molar-refractivity contribution is -0.140. The number of morpholine rings is 1. The van der Waals surface area contributed by atoms with E-state index in [1.54, 1.807) is 6.07 Å². The lowest BCUT2D eigenvalue weighted by atomic mass is 9.76. The zero-order chi connectivity index (χ0) is 22.9. The third-order valence-electron chi connectivity index (χ3n) is 5.90. The lowest BCUT2D eigenvalue weighted by Crippen LogP contribution is -2.62. The highest BCUT2D eigenvalue weighted by Gasteiger charge is 2.50. The lowest BCUT2D eigenvalue weighted by Gasteiger charge is -2.51. The molecule has 2 aromatic rings. The van der Waals surface area contributed by atoms with Gasteiger partial charge in [-0.1, -0.05) is 30.3 Å². The van der Waals surface area contributed by atoms with Crippen molar-refractivity contribution < 1.29 is 32.5 Å². The van der Waals surface area contributed by atoms with Crippen molar-refractivity contribution in [2.24, 2.45) is 0 Å². The maximum atomic E-state index is 13.3. The zero-order valence-electron chi connectivity index (χ0n) is 17.0. The largest absolute Gasteiger partial charge is 0.445 e. The number of nitriles is 1. The van der Waals surface area contributed by atoms with E-state index in [9.17, 15) is 28.3 Å². The van der Waals surface area contributed by atoms with E-state index in [2.05, 4.69) is 0 Å². The molecule has 4 rings (SSSR count). The van der Waals surface area contributed by atoms with Crippen molar-refractivity contribution in [3.8, 4) is 6.07 Å². The maximum absolute atomic E-state index is 13.3. The first kappa shape index (κ1) is 22.1. The number of aliphatic hydroxyl groups is 1. The number of hydrogen-bond acceptors (Lipinski definition) is 5. The average molecular weight is 446 g/mol. The third-order valence-corrected chi connectivity index (χ3v) is 5.90. The van der Waals surface area contributed by atoms with Crippen molar-refractivity contribution in [1.29, 1.82) is 5.26 Å². The second-order valence-electron chi connectivity index (χ2n) is 8.14. The van der Waals surface area contributed by atoms with Crippen molar-refractivity contribution in [3.05, 3.63) is 70.8 Å². The molecule has 32 heavy (non-hydrogen) atoms. The van der Waals surface area contributed by atoms with Crippen LogP contribution in [0.25, 0.3) is 0 Å². The van der Waals surface area contributed by atoms with Crippen molar-refractivity contribution in [2.75, 3.05) is 13.2 Å². The van der Waals surface area contributed by atoms with Crippen LogP contribution in [0.5, 0.6) is 0 Å². The zero-order valence-corrected chi connectivity index (χ0v) is 17.0. The summed E-state index contributed by atoms with van der Waals surface area (Å²) >= 11 is 0. The Morgan fingerprint density at radius 3 is 2.44 bits per heavy atom. The van der Waals surface area contributed by atoms with E-state index >= 15 is 0 Å². The number of carbonyl (C=O) groups is 1. The molecule has 0 spiro atoms. The minimum atomic E-state index is -4.65. The molecule has 2 aromatic carbocycles. The standard InChI is InChI=1S/C23H21F3N2O4/c24-23(25,26)18-7-16(11-27)6-17(8-18)22(30)9-19-13-31-14-20(10-22)28(19)21(29)32-12-15-4-2-1-3-5-15/h1-8,19-20,30H,9-10,12-14H2. The summed E-state index contributed by atoms with van der Waals surface area (Å²) < 4.78 is 50.9. The third kappa shape index (κ3) is 4.42. The monoisotopic (exact) mass is 446 g/mol. The van der Waals surface area contributed by atoms with Gasteiger partial charge in [-0.15, -0.1) is 0 Å². The molecular weight excluding hydrogens is 425 g/mol. The molecule has 2 saturated heterocycles. The van der Waals surface area contributed by atoms with Crippen LogP contribution in [-0.2, 0) is 27.9 Å². The van der Waals surface area contributed by atoms with Gasteiger partial charge >= 0.3 is 12.3 Å². The van der Waals surface area contributed by atoms with Gasteiger partial charge in [0, 0.05) is 12.8 Å². The number of nitrogens with zero attached hydrogens (tertiary/aromatic N) is 2. The summed E-state index contributed by atoms with van der Waals surface area (Å²) in [6.07, 6.45) is -5.28. The summed E-state index contributed by atoms with van der Waals surface area (Å²) in [6, 6.07) is 12.6. The first-order valence-electron chi connectivity index (χ1n) is 10.1. The van der Waals surface area contributed by atoms with Crippen LogP contribution < -0.4 is 0 Å². The molecule has 0 aromatic heterocycles. The van der Waals surface area contributed by atoms with Gasteiger partial charge in [0.2, 0.25) is 0 Å². The van der Waals surface area contributed by atoms with Gasteiger partial charge in [-0.3, -0.25) is 4.90 Å². The fraction of sp³-hybridized carbons (Fsp3) is 0.391. The number of rotatable bonds is 3. The number of fused-ring (bicyclic) bond motifs is 2. The first-order chi connectivity index (χ1) is 15.2. The molecule has 2 bridgehead atoms. The van der Waals surface area contributed by atoms with Gasteiger partial charge in [-0.25, -0.2) is 4.79 Å². The minimum Gasteiger partial charge on any atom is -0.445 e. The summed E-state index contributed by atoms with van der Waals surface area (Å²) in [7, 11) is 0. The van der Waals surface area contributed by atoms with E-state index < -0.39 is 35.5 Å². The van der Waals surface area contributed by atoms with E-state index in [1.807, 2.05) is 30.3 Å². The molecular formula is C23H21F3N2O4. The molecule has 1 N–H and O–H groups in total. The average Bonchev–Trinajstić information content (AvgIpc) is 2.76. The highest BCUT2D eigenvalue weighted by molar-refractivity contribution is 5.69. The van der Waals surface area contributed by atoms with E-state index in [1.165, 1.54) is 11.0 Å². The molecule has 9 heteroatoms. The minimum absolute atomic E-state index is 0.0121. The molecule has 2 fully saturated rings. The van der Waals surface area contributed by atoms with Crippen LogP contribution >= 0.6 is 0 Å². The van der Waals surface area contributed by atoms with E-state index in [0.29, 0.717) is 0 Å². The number of benzene rings is 2. The second-order valence-corrected chi connectivity index (χ2v) is 8.14. The molecule has 0 saturated carbocycles. The van der Waals surface area contributed by atoms with Crippen LogP contribution in [0.3, 0.4) is 0 Å². The Morgan fingerprint density at radius 2 is 1.84 bits per heavy atom. The molecule has 168 valence electrons. The van der Waals surface area contributed by atoms with Crippen LogP contribution in [0.1, 0.15) is 35.1 Å². The molecule has 2 atom stereocenters. The molecule has 2 aliphatic heterocycles. The topological polar surface area (TPSA) is 82.8 Å². The number of piperidine rings is 1. The summed E-state index contributed by atoms with van der Waals surface area (Å²) in [5.41, 5.74) is -1.98. The SMILES string of the molecule is N#Cc1cc(C(F)(F)F)cc(C2(O)CC3COCC(C2)N3C(=O)OCc2ccccc2)c1. The number of ether oxygens (including phenoxy) is 2. The number of halogens is 3. The Balaban J connectivity index is 1.56. The highest BCUT2D eigenvalue weighted by atomic mass is 19.4. The summed E-state index contributed by atoms with van der Waals surface area (Å²) in [6.45, 7) is 0.340. The van der Waals surface area contributed by atoms with Crippen molar-refractivity contribution in [2.45, 2.75) is 43.3 Å². The van der Waals surface area contributed by atoms with Crippen LogP contribution in [0, 0.1) is 11.3 Å². The molecule has 0 radical (unpaired) electrons. The smallest absolute Gasteiger partial charge is 0.416 e. The molecule has 2 unspecified atom stereocenters. The van der Waals surface area contributed by atoms with Crippen molar-refractivity contribution in [1.82, 2.24) is 4.90 Å². The van der Waals surface area contributed by atoms with Crippen LogP contribution in [0.4, 0.5) is 18.0 Å². The van der Waals surface area contributed by atoms with Gasteiger partial charge in [0.05, 0.1) is 48.1 Å². The molecule has 2 aliphatic rings. The van der Waals surface area contributed by atoms with Crippen molar-refractivity contribution in [3.63, 3.8) is 0 Å². The fourth-order valence-electron chi connectivity index (χ4n) is 4.43. The number of hydrogen-bond donors (Lipinski definition) is 1. The fourth-order valence-corrected chi connectivity index (χ4v) is 4.43. The van der Waals surface area contributed by atoms with Gasteiger partial charge in [0.25, 0.3) is 0 Å². The Hall–Kier alpha value is -3.09. The maximum Gasteiger partial charge on any atom is 0.416 e. The predicted molar refractivity (Wildman–Crippen MR) is 106 cm³/mol. The molecule has 6 nitrogen and oxygen atoms in total. The Labute approximate surface area is 182 Å². The van der Waals surface area contributed by atoms with Crippen molar-refractivity contribution >= 4 is 6.09 Å². The van der Waals surface area contributed by atoms with Gasteiger partial charge < -0.3 is 14.6 Å². The first-order valence-corrected chi connectivity index (χ1v) is 10.1. The molecule has 2 heterocycles. The second kappa shape index (κ2) is 8.45. The summed E-state index contributed by atoms with van der Waals surface area (Å²) in [5.74, 6) is 0. The van der Waals surface area contributed by atoms with E-state index in [4.69, 9.17) is 9.47 Å². The van der Waals surface area contributed by atoms with Gasteiger partial charge in [-0.2, -0.15) is 18.4 Å². The van der Waals surface area contributed by atoms with E-state index in [0.717, 1.165) is 17.7 Å². The molecule has 0 aliphatic carbocycles. The van der Waals surface area contributed by atoms with Crippen LogP contribution in [0.2, 0.25) is 0 Å². The van der Waals surface area contributed by atoms with Gasteiger partial charge in [0.1, 0.15) is 6.61 Å².